The molecule has 0 spiro atoms. The quantitative estimate of drug-likeness (QED) is 0.547. The van der Waals surface area contributed by atoms with Crippen LogP contribution in [-0.2, 0) is 26.6 Å². The van der Waals surface area contributed by atoms with E-state index in [1.807, 2.05) is 43.9 Å². The van der Waals surface area contributed by atoms with Crippen molar-refractivity contribution in [2.24, 2.45) is 17.1 Å². The maximum atomic E-state index is 12.2. The number of hydrogen-bond acceptors (Lipinski definition) is 6. The zero-order valence-electron chi connectivity index (χ0n) is 19.7. The van der Waals surface area contributed by atoms with E-state index >= 15 is 0 Å². The average molecular weight is 453 g/mol. The molecule has 2 N–H and O–H groups in total. The van der Waals surface area contributed by atoms with Crippen LogP contribution in [0.4, 0.5) is 0 Å². The molecular formula is C24H32N6O3. The van der Waals surface area contributed by atoms with Gasteiger partial charge >= 0.3 is 5.97 Å². The first-order chi connectivity index (χ1) is 15.6. The van der Waals surface area contributed by atoms with E-state index in [9.17, 15) is 9.59 Å². The molecule has 1 aliphatic carbocycles. The van der Waals surface area contributed by atoms with Crippen molar-refractivity contribution in [1.82, 2.24) is 24.3 Å². The van der Waals surface area contributed by atoms with Crippen molar-refractivity contribution >= 4 is 22.9 Å². The fourth-order valence-corrected chi connectivity index (χ4v) is 4.72. The maximum Gasteiger partial charge on any atom is 0.312 e. The molecule has 0 radical (unpaired) electrons. The van der Waals surface area contributed by atoms with E-state index in [-0.39, 0.29) is 25.0 Å². The molecule has 1 atom stereocenters. The average Bonchev–Trinajstić information content (AvgIpc) is 3.51. The second-order valence-corrected chi connectivity index (χ2v) is 10.2. The van der Waals surface area contributed by atoms with E-state index in [0.717, 1.165) is 42.3 Å². The number of nitrogens with zero attached hydrogens (tertiary/aromatic N) is 5. The summed E-state index contributed by atoms with van der Waals surface area (Å²) in [7, 11) is 0. The molecular weight excluding hydrogens is 420 g/mol. The zero-order valence-corrected chi connectivity index (χ0v) is 19.7. The standard InChI is InChI=1S/C24H32N6O3/c1-23(2,3)22(32)33-15-29-10-9-18-20(26-14-27-21(18)29)16-12-28-30(13-16)24(4,11-19(25)31)17-7-5-6-8-17/h9-10,12-14,17H,5-8,11,15H2,1-4H3,(H2,25,31). The largest absolute Gasteiger partial charge is 0.443 e. The third-order valence-electron chi connectivity index (χ3n) is 6.65. The molecule has 0 aromatic carbocycles. The molecule has 4 rings (SSSR count). The number of carbonyl (C=O) groups excluding carboxylic acids is 2. The summed E-state index contributed by atoms with van der Waals surface area (Å²) in [6.07, 6.45) is 11.7. The minimum Gasteiger partial charge on any atom is -0.443 e. The Labute approximate surface area is 193 Å². The lowest BCUT2D eigenvalue weighted by atomic mass is 9.81. The fourth-order valence-electron chi connectivity index (χ4n) is 4.72. The molecule has 1 saturated carbocycles. The Morgan fingerprint density at radius 3 is 2.58 bits per heavy atom. The molecule has 1 aliphatic rings. The number of rotatable bonds is 7. The first-order valence-corrected chi connectivity index (χ1v) is 11.4. The van der Waals surface area contributed by atoms with E-state index in [1.165, 1.54) is 6.33 Å². The summed E-state index contributed by atoms with van der Waals surface area (Å²) < 4.78 is 9.12. The molecule has 1 amide bonds. The van der Waals surface area contributed by atoms with E-state index < -0.39 is 11.0 Å². The number of hydrogen-bond donors (Lipinski definition) is 1. The Balaban J connectivity index is 1.64. The molecule has 0 saturated heterocycles. The van der Waals surface area contributed by atoms with Crippen LogP contribution in [-0.4, -0.2) is 36.2 Å². The van der Waals surface area contributed by atoms with Crippen molar-refractivity contribution in [2.75, 3.05) is 0 Å². The molecule has 0 aliphatic heterocycles. The Morgan fingerprint density at radius 1 is 1.18 bits per heavy atom. The first kappa shape index (κ1) is 22.9. The van der Waals surface area contributed by atoms with Crippen LogP contribution in [0.1, 0.15) is 59.8 Å². The smallest absolute Gasteiger partial charge is 0.312 e. The van der Waals surface area contributed by atoms with Crippen LogP contribution < -0.4 is 5.73 Å². The van der Waals surface area contributed by atoms with Gasteiger partial charge in [0.2, 0.25) is 5.91 Å². The maximum absolute atomic E-state index is 12.2. The zero-order chi connectivity index (χ0) is 23.8. The normalized spacial score (nSPS) is 16.7. The predicted octanol–water partition coefficient (Wildman–Crippen LogP) is 3.62. The highest BCUT2D eigenvalue weighted by molar-refractivity contribution is 5.90. The molecule has 1 fully saturated rings. The summed E-state index contributed by atoms with van der Waals surface area (Å²) >= 11 is 0. The monoisotopic (exact) mass is 452 g/mol. The third kappa shape index (κ3) is 4.49. The van der Waals surface area contributed by atoms with Crippen molar-refractivity contribution in [2.45, 2.75) is 72.1 Å². The lowest BCUT2D eigenvalue weighted by Gasteiger charge is -2.35. The van der Waals surface area contributed by atoms with E-state index in [0.29, 0.717) is 11.6 Å². The predicted molar refractivity (Wildman–Crippen MR) is 124 cm³/mol. The fraction of sp³-hybridized carbons (Fsp3) is 0.542. The molecule has 9 nitrogen and oxygen atoms in total. The van der Waals surface area contributed by atoms with Gasteiger partial charge in [0.15, 0.2) is 6.73 Å². The van der Waals surface area contributed by atoms with Crippen LogP contribution >= 0.6 is 0 Å². The van der Waals surface area contributed by atoms with Gasteiger partial charge in [-0.2, -0.15) is 5.10 Å². The second-order valence-electron chi connectivity index (χ2n) is 10.2. The molecule has 33 heavy (non-hydrogen) atoms. The summed E-state index contributed by atoms with van der Waals surface area (Å²) in [6, 6.07) is 1.91. The van der Waals surface area contributed by atoms with Gasteiger partial charge in [0.25, 0.3) is 0 Å². The lowest BCUT2D eigenvalue weighted by molar-refractivity contribution is -0.156. The van der Waals surface area contributed by atoms with Gasteiger partial charge in [-0.1, -0.05) is 12.8 Å². The number of carbonyl (C=O) groups is 2. The van der Waals surface area contributed by atoms with Gasteiger partial charge in [-0.25, -0.2) is 9.97 Å². The minimum absolute atomic E-state index is 0.0771. The molecule has 1 unspecified atom stereocenters. The van der Waals surface area contributed by atoms with Gasteiger partial charge < -0.3 is 10.5 Å². The Hall–Kier alpha value is -3.23. The summed E-state index contributed by atoms with van der Waals surface area (Å²) in [6.45, 7) is 7.60. The molecule has 3 aromatic rings. The van der Waals surface area contributed by atoms with Gasteiger partial charge in [0.1, 0.15) is 12.0 Å². The second kappa shape index (κ2) is 8.61. The summed E-state index contributed by atoms with van der Waals surface area (Å²) in [5.74, 6) is -0.255. The van der Waals surface area contributed by atoms with Crippen LogP contribution in [0, 0.1) is 11.3 Å². The van der Waals surface area contributed by atoms with Crippen LogP contribution in [0.5, 0.6) is 0 Å². The number of primary amides is 1. The number of nitrogens with two attached hydrogens (primary N) is 1. The Bertz CT molecular complexity index is 1170. The number of fused-ring (bicyclic) bond motifs is 1. The van der Waals surface area contributed by atoms with Crippen LogP contribution in [0.3, 0.4) is 0 Å². The van der Waals surface area contributed by atoms with Crippen molar-refractivity contribution in [1.29, 1.82) is 0 Å². The molecule has 9 heteroatoms. The van der Waals surface area contributed by atoms with Gasteiger partial charge in [0, 0.05) is 23.3 Å². The van der Waals surface area contributed by atoms with Gasteiger partial charge in [0.05, 0.1) is 29.3 Å². The number of aromatic nitrogens is 5. The third-order valence-corrected chi connectivity index (χ3v) is 6.65. The highest BCUT2D eigenvalue weighted by Gasteiger charge is 2.40. The highest BCUT2D eigenvalue weighted by Crippen LogP contribution is 2.41. The summed E-state index contributed by atoms with van der Waals surface area (Å²) in [4.78, 5) is 32.9. The Kier molecular flexibility index (Phi) is 5.99. The number of amides is 1. The van der Waals surface area contributed by atoms with Crippen LogP contribution in [0.25, 0.3) is 22.3 Å². The summed E-state index contributed by atoms with van der Waals surface area (Å²) in [5.41, 5.74) is 6.81. The van der Waals surface area contributed by atoms with Crippen LogP contribution in [0.15, 0.2) is 31.0 Å². The first-order valence-electron chi connectivity index (χ1n) is 11.4. The number of esters is 1. The minimum atomic E-state index is -0.575. The molecule has 3 aromatic heterocycles. The summed E-state index contributed by atoms with van der Waals surface area (Å²) in [5, 5.41) is 5.47. The topological polar surface area (TPSA) is 118 Å². The lowest BCUT2D eigenvalue weighted by Crippen LogP contribution is -2.41. The molecule has 176 valence electrons. The van der Waals surface area contributed by atoms with Gasteiger partial charge in [-0.3, -0.25) is 18.8 Å². The molecule has 3 heterocycles. The van der Waals surface area contributed by atoms with Crippen molar-refractivity contribution in [3.63, 3.8) is 0 Å². The van der Waals surface area contributed by atoms with Gasteiger partial charge in [-0.15, -0.1) is 0 Å². The van der Waals surface area contributed by atoms with E-state index in [1.54, 1.807) is 10.8 Å². The van der Waals surface area contributed by atoms with Crippen molar-refractivity contribution < 1.29 is 14.3 Å². The number of ether oxygens (including phenoxy) is 1. The van der Waals surface area contributed by atoms with E-state index in [4.69, 9.17) is 10.5 Å². The van der Waals surface area contributed by atoms with Crippen LogP contribution in [0.2, 0.25) is 0 Å². The van der Waals surface area contributed by atoms with Crippen molar-refractivity contribution in [3.05, 3.63) is 31.0 Å². The highest BCUT2D eigenvalue weighted by atomic mass is 16.5. The molecule has 0 bridgehead atoms. The SMILES string of the molecule is CC(C)(C)C(=O)OCn1ccc2c(-c3cnn(C(C)(CC(N)=O)C4CCCC4)c3)ncnc21. The Morgan fingerprint density at radius 2 is 1.91 bits per heavy atom. The van der Waals surface area contributed by atoms with Crippen molar-refractivity contribution in [3.8, 4) is 11.3 Å². The van der Waals surface area contributed by atoms with Gasteiger partial charge in [-0.05, 0) is 52.5 Å². The van der Waals surface area contributed by atoms with E-state index in [2.05, 4.69) is 22.0 Å².